The minimum atomic E-state index is 0.121. The van der Waals surface area contributed by atoms with E-state index in [1.54, 1.807) is 7.11 Å². The summed E-state index contributed by atoms with van der Waals surface area (Å²) in [5.74, 6) is 1.11. The molecule has 1 heterocycles. The van der Waals surface area contributed by atoms with Crippen molar-refractivity contribution in [3.05, 3.63) is 23.3 Å². The van der Waals surface area contributed by atoms with Crippen LogP contribution in [0.1, 0.15) is 48.8 Å². The van der Waals surface area contributed by atoms with Crippen LogP contribution in [0.5, 0.6) is 0 Å². The average Bonchev–Trinajstić information content (AvgIpc) is 2.29. The van der Waals surface area contributed by atoms with Gasteiger partial charge in [-0.2, -0.15) is 0 Å². The number of rotatable bonds is 3. The highest BCUT2D eigenvalue weighted by molar-refractivity contribution is 5.24. The molecule has 1 aromatic heterocycles. The number of aromatic nitrogens is 2. The molecule has 2 N–H and O–H groups in total. The predicted octanol–water partition coefficient (Wildman–Crippen LogP) is 1.56. The van der Waals surface area contributed by atoms with Gasteiger partial charge in [-0.25, -0.2) is 9.97 Å². The molecule has 0 fully saturated rings. The zero-order valence-corrected chi connectivity index (χ0v) is 9.94. The van der Waals surface area contributed by atoms with Crippen molar-refractivity contribution in [2.24, 2.45) is 5.73 Å². The number of fused-ring (bicyclic) bond motifs is 1. The van der Waals surface area contributed by atoms with E-state index >= 15 is 0 Å². The number of nitrogens with two attached hydrogens (primary N) is 1. The monoisotopic (exact) mass is 221 g/mol. The maximum absolute atomic E-state index is 6.03. The van der Waals surface area contributed by atoms with E-state index in [1.807, 2.05) is 6.20 Å². The summed E-state index contributed by atoms with van der Waals surface area (Å²) < 4.78 is 5.12. The molecule has 0 aliphatic heterocycles. The Balaban J connectivity index is 2.24. The summed E-state index contributed by atoms with van der Waals surface area (Å²) in [5, 5.41) is 0. The van der Waals surface area contributed by atoms with Crippen LogP contribution >= 0.6 is 0 Å². The van der Waals surface area contributed by atoms with E-state index in [-0.39, 0.29) is 12.0 Å². The molecular formula is C12H19N3O. The summed E-state index contributed by atoms with van der Waals surface area (Å²) >= 11 is 0. The molecule has 1 aliphatic carbocycles. The molecule has 0 radical (unpaired) electrons. The summed E-state index contributed by atoms with van der Waals surface area (Å²) in [6, 6.07) is 0.121. The van der Waals surface area contributed by atoms with Gasteiger partial charge in [-0.1, -0.05) is 6.92 Å². The average molecular weight is 221 g/mol. The number of methoxy groups -OCH3 is 1. The Morgan fingerprint density at radius 3 is 3.19 bits per heavy atom. The van der Waals surface area contributed by atoms with E-state index < -0.39 is 0 Å². The molecule has 0 aromatic carbocycles. The lowest BCUT2D eigenvalue weighted by Crippen LogP contribution is -2.20. The molecule has 2 rings (SSSR count). The van der Waals surface area contributed by atoms with Crippen LogP contribution in [0.2, 0.25) is 0 Å². The Bertz CT molecular complexity index is 367. The van der Waals surface area contributed by atoms with Crippen molar-refractivity contribution in [2.45, 2.75) is 38.1 Å². The number of hydrogen-bond acceptors (Lipinski definition) is 4. The van der Waals surface area contributed by atoms with Crippen LogP contribution in [-0.2, 0) is 11.2 Å². The fourth-order valence-corrected chi connectivity index (χ4v) is 2.16. The maximum Gasteiger partial charge on any atom is 0.133 e. The molecule has 0 bridgehead atoms. The topological polar surface area (TPSA) is 61.0 Å². The Morgan fingerprint density at radius 1 is 1.62 bits per heavy atom. The second-order valence-corrected chi connectivity index (χ2v) is 4.49. The lowest BCUT2D eigenvalue weighted by atomic mass is 9.93. The summed E-state index contributed by atoms with van der Waals surface area (Å²) in [5.41, 5.74) is 8.28. The first-order valence-electron chi connectivity index (χ1n) is 5.82. The number of nitrogens with zero attached hydrogens (tertiary/aromatic N) is 2. The minimum Gasteiger partial charge on any atom is -0.384 e. The van der Waals surface area contributed by atoms with Crippen LogP contribution in [-0.4, -0.2) is 23.7 Å². The molecule has 16 heavy (non-hydrogen) atoms. The highest BCUT2D eigenvalue weighted by atomic mass is 16.5. The van der Waals surface area contributed by atoms with Crippen molar-refractivity contribution >= 4 is 0 Å². The standard InChI is InChI=1S/C12H19N3O/c1-8(7-16-2)12-14-6-9-10(13)4-3-5-11(9)15-12/h6,8,10H,3-5,7,13H2,1-2H3. The molecule has 1 aliphatic rings. The molecule has 2 atom stereocenters. The fourth-order valence-electron chi connectivity index (χ4n) is 2.16. The van der Waals surface area contributed by atoms with Gasteiger partial charge in [-0.3, -0.25) is 0 Å². The molecule has 0 saturated carbocycles. The first-order chi connectivity index (χ1) is 7.72. The third kappa shape index (κ3) is 2.23. The van der Waals surface area contributed by atoms with Gasteiger partial charge in [0.2, 0.25) is 0 Å². The van der Waals surface area contributed by atoms with E-state index in [0.29, 0.717) is 6.61 Å². The van der Waals surface area contributed by atoms with Gasteiger partial charge in [-0.15, -0.1) is 0 Å². The van der Waals surface area contributed by atoms with Gasteiger partial charge in [0.05, 0.1) is 6.61 Å². The van der Waals surface area contributed by atoms with Crippen LogP contribution in [0.4, 0.5) is 0 Å². The number of ether oxygens (including phenoxy) is 1. The highest BCUT2D eigenvalue weighted by Crippen LogP contribution is 2.26. The summed E-state index contributed by atoms with van der Waals surface area (Å²) in [6.07, 6.45) is 5.10. The summed E-state index contributed by atoms with van der Waals surface area (Å²) in [6.45, 7) is 2.73. The van der Waals surface area contributed by atoms with Crippen LogP contribution in [0.15, 0.2) is 6.20 Å². The minimum absolute atomic E-state index is 0.121. The van der Waals surface area contributed by atoms with Crippen molar-refractivity contribution in [2.75, 3.05) is 13.7 Å². The van der Waals surface area contributed by atoms with Crippen molar-refractivity contribution in [1.29, 1.82) is 0 Å². The lowest BCUT2D eigenvalue weighted by Gasteiger charge is -2.22. The second-order valence-electron chi connectivity index (χ2n) is 4.49. The maximum atomic E-state index is 6.03. The molecule has 2 unspecified atom stereocenters. The second kappa shape index (κ2) is 4.89. The Hall–Kier alpha value is -1.00. The number of aryl methyl sites for hydroxylation is 1. The smallest absolute Gasteiger partial charge is 0.133 e. The zero-order valence-electron chi connectivity index (χ0n) is 9.94. The Labute approximate surface area is 96.2 Å². The number of hydrogen-bond donors (Lipinski definition) is 1. The van der Waals surface area contributed by atoms with Crippen LogP contribution < -0.4 is 5.73 Å². The quantitative estimate of drug-likeness (QED) is 0.841. The lowest BCUT2D eigenvalue weighted by molar-refractivity contribution is 0.181. The molecule has 0 saturated heterocycles. The molecule has 4 nitrogen and oxygen atoms in total. The normalized spacial score (nSPS) is 21.6. The van der Waals surface area contributed by atoms with Crippen molar-refractivity contribution < 1.29 is 4.74 Å². The highest BCUT2D eigenvalue weighted by Gasteiger charge is 2.20. The van der Waals surface area contributed by atoms with Gasteiger partial charge in [0.25, 0.3) is 0 Å². The molecule has 0 spiro atoms. The van der Waals surface area contributed by atoms with Gasteiger partial charge in [0.15, 0.2) is 0 Å². The van der Waals surface area contributed by atoms with Crippen molar-refractivity contribution in [3.8, 4) is 0 Å². The van der Waals surface area contributed by atoms with Crippen LogP contribution in [0.3, 0.4) is 0 Å². The van der Waals surface area contributed by atoms with Gasteiger partial charge >= 0.3 is 0 Å². The fraction of sp³-hybridized carbons (Fsp3) is 0.667. The summed E-state index contributed by atoms with van der Waals surface area (Å²) in [7, 11) is 1.70. The largest absolute Gasteiger partial charge is 0.384 e. The summed E-state index contributed by atoms with van der Waals surface area (Å²) in [4.78, 5) is 9.00. The van der Waals surface area contributed by atoms with Crippen molar-refractivity contribution in [1.82, 2.24) is 9.97 Å². The predicted molar refractivity (Wildman–Crippen MR) is 62.2 cm³/mol. The first kappa shape index (κ1) is 11.5. The van der Waals surface area contributed by atoms with E-state index in [0.717, 1.165) is 36.3 Å². The third-order valence-corrected chi connectivity index (χ3v) is 3.10. The molecule has 4 heteroatoms. The third-order valence-electron chi connectivity index (χ3n) is 3.10. The van der Waals surface area contributed by atoms with Gasteiger partial charge in [0.1, 0.15) is 5.82 Å². The molecular weight excluding hydrogens is 202 g/mol. The van der Waals surface area contributed by atoms with Crippen molar-refractivity contribution in [3.63, 3.8) is 0 Å². The van der Waals surface area contributed by atoms with Gasteiger partial charge in [-0.05, 0) is 19.3 Å². The van der Waals surface area contributed by atoms with E-state index in [2.05, 4.69) is 16.9 Å². The Morgan fingerprint density at radius 2 is 2.44 bits per heavy atom. The molecule has 1 aromatic rings. The van der Waals surface area contributed by atoms with E-state index in [1.165, 1.54) is 0 Å². The van der Waals surface area contributed by atoms with Crippen LogP contribution in [0.25, 0.3) is 0 Å². The van der Waals surface area contributed by atoms with Gasteiger partial charge in [0, 0.05) is 36.5 Å². The SMILES string of the molecule is COCC(C)c1ncc2c(n1)CCCC2N. The van der Waals surface area contributed by atoms with E-state index in [4.69, 9.17) is 10.5 Å². The Kier molecular flexibility index (Phi) is 3.51. The van der Waals surface area contributed by atoms with Crippen LogP contribution in [0, 0.1) is 0 Å². The zero-order chi connectivity index (χ0) is 11.5. The molecule has 88 valence electrons. The van der Waals surface area contributed by atoms with Gasteiger partial charge < -0.3 is 10.5 Å². The first-order valence-corrected chi connectivity index (χ1v) is 5.82. The van der Waals surface area contributed by atoms with E-state index in [9.17, 15) is 0 Å². The molecule has 0 amide bonds.